The summed E-state index contributed by atoms with van der Waals surface area (Å²) in [5, 5.41) is 0. The number of hydrogen-bond acceptors (Lipinski definition) is 0. The lowest BCUT2D eigenvalue weighted by atomic mass is 9.97. The molecular weight excluding hydrogens is 180 g/mol. The van der Waals surface area contributed by atoms with Gasteiger partial charge in [0.25, 0.3) is 0 Å². The van der Waals surface area contributed by atoms with E-state index >= 15 is 0 Å². The van der Waals surface area contributed by atoms with Crippen molar-refractivity contribution in [2.75, 3.05) is 0 Å². The fourth-order valence-electron chi connectivity index (χ4n) is 2.68. The average molecular weight is 196 g/mol. The zero-order valence-electron chi connectivity index (χ0n) is 9.00. The highest BCUT2D eigenvalue weighted by Gasteiger charge is 2.17. The number of allylic oxidation sites excluding steroid dienone is 10. The monoisotopic (exact) mass is 196 g/mol. The second-order valence-corrected chi connectivity index (χ2v) is 4.42. The van der Waals surface area contributed by atoms with Gasteiger partial charge in [-0.25, -0.2) is 0 Å². The van der Waals surface area contributed by atoms with Gasteiger partial charge in [-0.05, 0) is 54.4 Å². The maximum atomic E-state index is 2.42. The van der Waals surface area contributed by atoms with Gasteiger partial charge in [0.05, 0.1) is 0 Å². The molecule has 0 spiro atoms. The Labute approximate surface area is 91.4 Å². The topological polar surface area (TPSA) is 0 Å². The Morgan fingerprint density at radius 2 is 2.00 bits per heavy atom. The van der Waals surface area contributed by atoms with E-state index in [2.05, 4.69) is 36.5 Å². The molecule has 0 bridgehead atoms. The van der Waals surface area contributed by atoms with Gasteiger partial charge >= 0.3 is 0 Å². The summed E-state index contributed by atoms with van der Waals surface area (Å²) in [6.45, 7) is 0. The summed E-state index contributed by atoms with van der Waals surface area (Å²) in [6.07, 6.45) is 20.1. The molecule has 3 rings (SSSR count). The molecule has 0 aromatic carbocycles. The molecule has 0 aliphatic heterocycles. The first kappa shape index (κ1) is 8.96. The van der Waals surface area contributed by atoms with Crippen molar-refractivity contribution in [2.45, 2.75) is 32.1 Å². The van der Waals surface area contributed by atoms with E-state index in [1.165, 1.54) is 30.4 Å². The van der Waals surface area contributed by atoms with Crippen LogP contribution in [0.15, 0.2) is 58.7 Å². The van der Waals surface area contributed by atoms with E-state index < -0.39 is 0 Å². The quantitative estimate of drug-likeness (QED) is 0.619. The fraction of sp³-hybridized carbons (Fsp3) is 0.333. The van der Waals surface area contributed by atoms with Crippen molar-refractivity contribution in [3.63, 3.8) is 0 Å². The van der Waals surface area contributed by atoms with Crippen LogP contribution in [0.5, 0.6) is 0 Å². The van der Waals surface area contributed by atoms with Crippen LogP contribution in [0.25, 0.3) is 0 Å². The van der Waals surface area contributed by atoms with Crippen molar-refractivity contribution < 1.29 is 0 Å². The van der Waals surface area contributed by atoms with Crippen molar-refractivity contribution in [3.8, 4) is 0 Å². The van der Waals surface area contributed by atoms with Gasteiger partial charge in [-0.2, -0.15) is 0 Å². The summed E-state index contributed by atoms with van der Waals surface area (Å²) in [4.78, 5) is 0. The van der Waals surface area contributed by atoms with Crippen LogP contribution in [0.4, 0.5) is 0 Å². The van der Waals surface area contributed by atoms with Crippen LogP contribution in [0, 0.1) is 0 Å². The van der Waals surface area contributed by atoms with Crippen molar-refractivity contribution in [3.05, 3.63) is 58.7 Å². The van der Waals surface area contributed by atoms with Crippen molar-refractivity contribution in [2.24, 2.45) is 0 Å². The predicted octanol–water partition coefficient (Wildman–Crippen LogP) is 4.24. The lowest BCUT2D eigenvalue weighted by molar-refractivity contribution is 0.911. The molecule has 0 atom stereocenters. The Bertz CT molecular complexity index is 425. The summed E-state index contributed by atoms with van der Waals surface area (Å²) in [7, 11) is 0. The van der Waals surface area contributed by atoms with Crippen LogP contribution in [0.1, 0.15) is 32.1 Å². The maximum Gasteiger partial charge on any atom is -0.00822 e. The third-order valence-electron chi connectivity index (χ3n) is 3.44. The minimum absolute atomic E-state index is 1.12. The molecule has 76 valence electrons. The molecule has 0 radical (unpaired) electrons. The molecule has 0 saturated heterocycles. The van der Waals surface area contributed by atoms with Crippen LogP contribution in [-0.4, -0.2) is 0 Å². The zero-order valence-corrected chi connectivity index (χ0v) is 9.00. The molecular formula is C15H16. The SMILES string of the molecule is C1=CC(C2=C(C3=CCCC3)C=CC2)=CC1. The van der Waals surface area contributed by atoms with Gasteiger partial charge in [0, 0.05) is 0 Å². The molecule has 0 N–H and O–H groups in total. The standard InChI is InChI=1S/C15H16/c1-2-7-12(6-1)14-10-5-11-15(14)13-8-3-4-9-13/h1,5-8,11H,2-4,9-10H2. The molecule has 0 aromatic heterocycles. The van der Waals surface area contributed by atoms with Crippen molar-refractivity contribution in [1.82, 2.24) is 0 Å². The zero-order chi connectivity index (χ0) is 10.1. The van der Waals surface area contributed by atoms with E-state index in [0.717, 1.165) is 12.8 Å². The van der Waals surface area contributed by atoms with Crippen LogP contribution < -0.4 is 0 Å². The first-order chi connectivity index (χ1) is 7.45. The van der Waals surface area contributed by atoms with Crippen LogP contribution in [0.2, 0.25) is 0 Å². The number of rotatable bonds is 2. The highest BCUT2D eigenvalue weighted by molar-refractivity contribution is 5.59. The second-order valence-electron chi connectivity index (χ2n) is 4.42. The summed E-state index contributed by atoms with van der Waals surface area (Å²) in [5.74, 6) is 0. The molecule has 0 nitrogen and oxygen atoms in total. The molecule has 0 unspecified atom stereocenters. The van der Waals surface area contributed by atoms with Crippen molar-refractivity contribution >= 4 is 0 Å². The molecule has 0 fully saturated rings. The highest BCUT2D eigenvalue weighted by Crippen LogP contribution is 2.36. The van der Waals surface area contributed by atoms with Gasteiger partial charge in [-0.1, -0.05) is 36.5 Å². The lowest BCUT2D eigenvalue weighted by Crippen LogP contribution is -1.89. The van der Waals surface area contributed by atoms with Gasteiger partial charge < -0.3 is 0 Å². The third kappa shape index (κ3) is 1.54. The summed E-state index contributed by atoms with van der Waals surface area (Å²) >= 11 is 0. The largest absolute Gasteiger partial charge is 0.0807 e. The molecule has 3 aliphatic carbocycles. The Morgan fingerprint density at radius 1 is 1.00 bits per heavy atom. The molecule has 3 aliphatic rings. The van der Waals surface area contributed by atoms with Gasteiger partial charge in [0.15, 0.2) is 0 Å². The van der Waals surface area contributed by atoms with Gasteiger partial charge in [0.2, 0.25) is 0 Å². The Morgan fingerprint density at radius 3 is 2.73 bits per heavy atom. The Hall–Kier alpha value is -1.30. The molecule has 0 saturated carbocycles. The molecule has 0 heteroatoms. The van der Waals surface area contributed by atoms with E-state index in [1.54, 1.807) is 11.1 Å². The van der Waals surface area contributed by atoms with Crippen molar-refractivity contribution in [1.29, 1.82) is 0 Å². The summed E-state index contributed by atoms with van der Waals surface area (Å²) < 4.78 is 0. The van der Waals surface area contributed by atoms with Crippen LogP contribution in [-0.2, 0) is 0 Å². The van der Waals surface area contributed by atoms with Crippen LogP contribution in [0.3, 0.4) is 0 Å². The highest BCUT2D eigenvalue weighted by atomic mass is 14.2. The van der Waals surface area contributed by atoms with Gasteiger partial charge in [0.1, 0.15) is 0 Å². The molecule has 15 heavy (non-hydrogen) atoms. The lowest BCUT2D eigenvalue weighted by Gasteiger charge is -2.08. The molecule has 0 aromatic rings. The number of hydrogen-bond donors (Lipinski definition) is 0. The molecule has 0 amide bonds. The first-order valence-corrected chi connectivity index (χ1v) is 5.91. The summed E-state index contributed by atoms with van der Waals surface area (Å²) in [5.41, 5.74) is 6.12. The predicted molar refractivity (Wildman–Crippen MR) is 64.6 cm³/mol. The minimum Gasteiger partial charge on any atom is -0.0807 e. The second kappa shape index (κ2) is 3.69. The first-order valence-electron chi connectivity index (χ1n) is 5.91. The van der Waals surface area contributed by atoms with E-state index in [4.69, 9.17) is 0 Å². The van der Waals surface area contributed by atoms with E-state index in [0.29, 0.717) is 0 Å². The van der Waals surface area contributed by atoms with Gasteiger partial charge in [-0.15, -0.1) is 0 Å². The van der Waals surface area contributed by atoms with Gasteiger partial charge in [-0.3, -0.25) is 0 Å². The molecule has 0 heterocycles. The third-order valence-corrected chi connectivity index (χ3v) is 3.44. The Kier molecular flexibility index (Phi) is 2.21. The van der Waals surface area contributed by atoms with E-state index in [1.807, 2.05) is 0 Å². The fourth-order valence-corrected chi connectivity index (χ4v) is 2.68. The van der Waals surface area contributed by atoms with Crippen LogP contribution >= 0.6 is 0 Å². The summed E-state index contributed by atoms with van der Waals surface area (Å²) in [6, 6.07) is 0. The maximum absolute atomic E-state index is 2.42. The smallest absolute Gasteiger partial charge is 0.00822 e. The normalized spacial score (nSPS) is 24.0. The minimum atomic E-state index is 1.12. The Balaban J connectivity index is 1.98. The van der Waals surface area contributed by atoms with E-state index in [-0.39, 0.29) is 0 Å². The average Bonchev–Trinajstić information content (AvgIpc) is 3.01. The van der Waals surface area contributed by atoms with E-state index in [9.17, 15) is 0 Å².